The Labute approximate surface area is 179 Å². The number of anilines is 1. The highest BCUT2D eigenvalue weighted by molar-refractivity contribution is 5.88. The van der Waals surface area contributed by atoms with E-state index in [-0.39, 0.29) is 17.1 Å². The van der Waals surface area contributed by atoms with Crippen LogP contribution in [0.3, 0.4) is 0 Å². The summed E-state index contributed by atoms with van der Waals surface area (Å²) in [6.45, 7) is 8.11. The maximum absolute atomic E-state index is 13.2. The van der Waals surface area contributed by atoms with Crippen molar-refractivity contribution >= 4 is 11.6 Å². The number of ether oxygens (including phenoxy) is 1. The summed E-state index contributed by atoms with van der Waals surface area (Å²) >= 11 is 0. The van der Waals surface area contributed by atoms with Gasteiger partial charge in [0.25, 0.3) is 0 Å². The number of piperidine rings is 1. The van der Waals surface area contributed by atoms with E-state index in [0.29, 0.717) is 0 Å². The number of amides is 1. The molecule has 0 bridgehead atoms. The van der Waals surface area contributed by atoms with Crippen molar-refractivity contribution in [2.24, 2.45) is 5.41 Å². The van der Waals surface area contributed by atoms with Gasteiger partial charge in [-0.3, -0.25) is 9.69 Å². The number of aryl methyl sites for hydroxylation is 1. The summed E-state index contributed by atoms with van der Waals surface area (Å²) in [5.41, 5.74) is 3.47. The number of carbonyl (C=O) groups excluding carboxylic acids is 1. The third kappa shape index (κ3) is 6.64. The molecule has 1 saturated heterocycles. The fourth-order valence-electron chi connectivity index (χ4n) is 4.19. The van der Waals surface area contributed by atoms with E-state index in [9.17, 15) is 9.18 Å². The lowest BCUT2D eigenvalue weighted by atomic mass is 9.74. The molecule has 4 nitrogen and oxygen atoms in total. The first-order valence-corrected chi connectivity index (χ1v) is 10.9. The maximum atomic E-state index is 13.2. The second-order valence-corrected chi connectivity index (χ2v) is 8.42. The van der Waals surface area contributed by atoms with Crippen molar-refractivity contribution in [3.63, 3.8) is 0 Å². The Kier molecular flexibility index (Phi) is 8.00. The number of hydrogen-bond donors (Lipinski definition) is 1. The van der Waals surface area contributed by atoms with Gasteiger partial charge >= 0.3 is 0 Å². The van der Waals surface area contributed by atoms with E-state index in [1.807, 2.05) is 31.2 Å². The number of nitrogens with one attached hydrogen (secondary N) is 1. The molecule has 0 saturated carbocycles. The number of halogens is 1. The number of hydrogen-bond acceptors (Lipinski definition) is 3. The van der Waals surface area contributed by atoms with Crippen LogP contribution in [0.1, 0.15) is 44.2 Å². The van der Waals surface area contributed by atoms with Crippen LogP contribution in [0, 0.1) is 11.2 Å². The second kappa shape index (κ2) is 10.7. The molecule has 1 fully saturated rings. The Balaban J connectivity index is 1.54. The Bertz CT molecular complexity index is 797. The van der Waals surface area contributed by atoms with Gasteiger partial charge in [0.2, 0.25) is 5.91 Å². The van der Waals surface area contributed by atoms with Crippen molar-refractivity contribution in [2.75, 3.05) is 31.6 Å². The molecule has 0 spiro atoms. The molecule has 1 amide bonds. The molecule has 0 unspecified atom stereocenters. The number of rotatable bonds is 9. The van der Waals surface area contributed by atoms with Crippen LogP contribution >= 0.6 is 0 Å². The van der Waals surface area contributed by atoms with E-state index in [2.05, 4.69) is 22.3 Å². The van der Waals surface area contributed by atoms with Crippen LogP contribution in [0.4, 0.5) is 10.1 Å². The average Bonchev–Trinajstić information content (AvgIpc) is 2.74. The van der Waals surface area contributed by atoms with Crippen molar-refractivity contribution in [3.05, 3.63) is 65.5 Å². The highest BCUT2D eigenvalue weighted by Gasteiger charge is 2.34. The van der Waals surface area contributed by atoms with Crippen molar-refractivity contribution in [2.45, 2.75) is 46.1 Å². The molecular formula is C25H33FN2O2. The van der Waals surface area contributed by atoms with E-state index in [1.165, 1.54) is 18.1 Å². The fraction of sp³-hybridized carbons (Fsp3) is 0.480. The summed E-state index contributed by atoms with van der Waals surface area (Å²) in [5, 5.41) is 2.81. The SMILES string of the molecule is CCOCC1(CCc2ccc(F)cc2)CCN(Cc2ccc(NC(C)=O)cc2)CC1. The molecule has 0 atom stereocenters. The van der Waals surface area contributed by atoms with Crippen molar-refractivity contribution in [3.8, 4) is 0 Å². The molecule has 2 aromatic carbocycles. The topological polar surface area (TPSA) is 41.6 Å². The second-order valence-electron chi connectivity index (χ2n) is 8.42. The molecule has 1 aliphatic heterocycles. The third-order valence-corrected chi connectivity index (χ3v) is 6.07. The first-order chi connectivity index (χ1) is 14.5. The number of likely N-dealkylation sites (tertiary alicyclic amines) is 1. The van der Waals surface area contributed by atoms with E-state index in [4.69, 9.17) is 4.74 Å². The number of carbonyl (C=O) groups is 1. The average molecular weight is 413 g/mol. The molecule has 162 valence electrons. The summed E-state index contributed by atoms with van der Waals surface area (Å²) in [6, 6.07) is 15.0. The normalized spacial score (nSPS) is 16.4. The van der Waals surface area contributed by atoms with Crippen LogP contribution in [-0.2, 0) is 22.5 Å². The zero-order valence-corrected chi connectivity index (χ0v) is 18.1. The molecule has 1 heterocycles. The molecular weight excluding hydrogens is 379 g/mol. The zero-order valence-electron chi connectivity index (χ0n) is 18.1. The summed E-state index contributed by atoms with van der Waals surface area (Å²) in [7, 11) is 0. The number of nitrogens with zero attached hydrogens (tertiary/aromatic N) is 1. The third-order valence-electron chi connectivity index (χ3n) is 6.07. The highest BCUT2D eigenvalue weighted by atomic mass is 19.1. The fourth-order valence-corrected chi connectivity index (χ4v) is 4.19. The standard InChI is InChI=1S/C25H33FN2O2/c1-3-30-19-25(13-12-21-4-8-23(26)9-5-21)14-16-28(17-15-25)18-22-6-10-24(11-7-22)27-20(2)29/h4-11H,3,12-19H2,1-2H3,(H,27,29). The Morgan fingerprint density at radius 1 is 1.07 bits per heavy atom. The van der Waals surface area contributed by atoms with Gasteiger partial charge in [-0.25, -0.2) is 4.39 Å². The van der Waals surface area contributed by atoms with Crippen LogP contribution in [-0.4, -0.2) is 37.1 Å². The van der Waals surface area contributed by atoms with Crippen molar-refractivity contribution in [1.29, 1.82) is 0 Å². The van der Waals surface area contributed by atoms with E-state index < -0.39 is 0 Å². The summed E-state index contributed by atoms with van der Waals surface area (Å²) < 4.78 is 19.0. The van der Waals surface area contributed by atoms with Gasteiger partial charge in [0.1, 0.15) is 5.82 Å². The molecule has 3 rings (SSSR count). The molecule has 2 aromatic rings. The van der Waals surface area contributed by atoms with Gasteiger partial charge in [0.15, 0.2) is 0 Å². The lowest BCUT2D eigenvalue weighted by Crippen LogP contribution is -2.42. The molecule has 0 radical (unpaired) electrons. The molecule has 1 N–H and O–H groups in total. The van der Waals surface area contributed by atoms with Gasteiger partial charge in [-0.15, -0.1) is 0 Å². The van der Waals surface area contributed by atoms with Gasteiger partial charge in [0, 0.05) is 25.8 Å². The van der Waals surface area contributed by atoms with Crippen LogP contribution in [0.15, 0.2) is 48.5 Å². The van der Waals surface area contributed by atoms with Crippen LogP contribution < -0.4 is 5.32 Å². The molecule has 0 aliphatic carbocycles. The Morgan fingerprint density at radius 2 is 1.70 bits per heavy atom. The van der Waals surface area contributed by atoms with Gasteiger partial charge in [-0.2, -0.15) is 0 Å². The first-order valence-electron chi connectivity index (χ1n) is 10.9. The lowest BCUT2D eigenvalue weighted by Gasteiger charge is -2.42. The summed E-state index contributed by atoms with van der Waals surface area (Å²) in [6.07, 6.45) is 4.24. The van der Waals surface area contributed by atoms with Crippen molar-refractivity contribution in [1.82, 2.24) is 4.90 Å². The van der Waals surface area contributed by atoms with Crippen LogP contribution in [0.2, 0.25) is 0 Å². The predicted octanol–water partition coefficient (Wildman–Crippen LogP) is 5.04. The maximum Gasteiger partial charge on any atom is 0.221 e. The number of benzene rings is 2. The predicted molar refractivity (Wildman–Crippen MR) is 119 cm³/mol. The molecule has 30 heavy (non-hydrogen) atoms. The zero-order chi connectivity index (χ0) is 21.4. The van der Waals surface area contributed by atoms with Gasteiger partial charge in [-0.1, -0.05) is 24.3 Å². The van der Waals surface area contributed by atoms with Crippen molar-refractivity contribution < 1.29 is 13.9 Å². The largest absolute Gasteiger partial charge is 0.381 e. The Hall–Kier alpha value is -2.24. The van der Waals surface area contributed by atoms with E-state index in [0.717, 1.165) is 64.2 Å². The molecule has 5 heteroatoms. The summed E-state index contributed by atoms with van der Waals surface area (Å²) in [4.78, 5) is 13.7. The van der Waals surface area contributed by atoms with Gasteiger partial charge in [0.05, 0.1) is 6.61 Å². The van der Waals surface area contributed by atoms with Crippen LogP contribution in [0.25, 0.3) is 0 Å². The minimum Gasteiger partial charge on any atom is -0.381 e. The van der Waals surface area contributed by atoms with E-state index in [1.54, 1.807) is 12.1 Å². The monoisotopic (exact) mass is 412 g/mol. The summed E-state index contributed by atoms with van der Waals surface area (Å²) in [5.74, 6) is -0.230. The smallest absolute Gasteiger partial charge is 0.221 e. The molecule has 0 aromatic heterocycles. The van der Waals surface area contributed by atoms with Gasteiger partial charge in [-0.05, 0) is 86.5 Å². The lowest BCUT2D eigenvalue weighted by molar-refractivity contribution is -0.114. The van der Waals surface area contributed by atoms with Gasteiger partial charge < -0.3 is 10.1 Å². The molecule has 1 aliphatic rings. The Morgan fingerprint density at radius 3 is 2.30 bits per heavy atom. The first kappa shape index (κ1) is 22.4. The van der Waals surface area contributed by atoms with Crippen LogP contribution in [0.5, 0.6) is 0 Å². The minimum atomic E-state index is -0.179. The minimum absolute atomic E-state index is 0.0509. The quantitative estimate of drug-likeness (QED) is 0.628. The van der Waals surface area contributed by atoms with E-state index >= 15 is 0 Å². The highest BCUT2D eigenvalue weighted by Crippen LogP contribution is 2.37.